The van der Waals surface area contributed by atoms with E-state index in [2.05, 4.69) is 31.2 Å². The van der Waals surface area contributed by atoms with Gasteiger partial charge in [0.25, 0.3) is 0 Å². The van der Waals surface area contributed by atoms with Crippen molar-refractivity contribution in [3.63, 3.8) is 0 Å². The molecule has 0 N–H and O–H groups in total. The minimum atomic E-state index is -0.494. The summed E-state index contributed by atoms with van der Waals surface area (Å²) >= 11 is 12.0. The summed E-state index contributed by atoms with van der Waals surface area (Å²) in [7, 11) is 0. The second-order valence-electron chi connectivity index (χ2n) is 3.62. The molecule has 13 heavy (non-hydrogen) atoms. The van der Waals surface area contributed by atoms with Crippen LogP contribution < -0.4 is 0 Å². The van der Waals surface area contributed by atoms with E-state index in [0.717, 1.165) is 12.8 Å². The lowest BCUT2D eigenvalue weighted by atomic mass is 10.1. The molecule has 1 aromatic carbocycles. The van der Waals surface area contributed by atoms with Crippen LogP contribution in [0.25, 0.3) is 0 Å². The molecule has 70 valence electrons. The molecule has 0 nitrogen and oxygen atoms in total. The monoisotopic (exact) mass is 214 g/mol. The van der Waals surface area contributed by atoms with Crippen LogP contribution in [0, 0.1) is 0 Å². The summed E-state index contributed by atoms with van der Waals surface area (Å²) in [5, 5.41) is 0. The molecule has 0 bridgehead atoms. The highest BCUT2D eigenvalue weighted by molar-refractivity contribution is 6.51. The smallest absolute Gasteiger partial charge is 0.101 e. The molecule has 0 aromatic heterocycles. The molecule has 0 amide bonds. The van der Waals surface area contributed by atoms with Crippen molar-refractivity contribution < 1.29 is 0 Å². The van der Waals surface area contributed by atoms with Gasteiger partial charge in [-0.3, -0.25) is 0 Å². The average Bonchev–Trinajstić information content (AvgIpc) is 2.76. The molecule has 1 saturated carbocycles. The van der Waals surface area contributed by atoms with Gasteiger partial charge in [0.05, 0.1) is 0 Å². The van der Waals surface area contributed by atoms with Gasteiger partial charge in [0.15, 0.2) is 0 Å². The van der Waals surface area contributed by atoms with Crippen molar-refractivity contribution in [1.82, 2.24) is 0 Å². The standard InChI is InChI=1S/C11H12Cl2/c1-2-8-4-3-5-9(6-8)10-7-11(10,12)13/h3-6,10H,2,7H2,1H3. The van der Waals surface area contributed by atoms with Crippen LogP contribution in [0.5, 0.6) is 0 Å². The quantitative estimate of drug-likeness (QED) is 0.656. The van der Waals surface area contributed by atoms with Gasteiger partial charge in [-0.05, 0) is 24.0 Å². The highest BCUT2D eigenvalue weighted by atomic mass is 35.5. The molecule has 1 aliphatic rings. The van der Waals surface area contributed by atoms with Crippen LogP contribution in [0.1, 0.15) is 30.4 Å². The van der Waals surface area contributed by atoms with Crippen LogP contribution in [-0.2, 0) is 6.42 Å². The van der Waals surface area contributed by atoms with Crippen molar-refractivity contribution >= 4 is 23.2 Å². The van der Waals surface area contributed by atoms with Crippen LogP contribution in [-0.4, -0.2) is 4.33 Å². The van der Waals surface area contributed by atoms with Crippen molar-refractivity contribution in [1.29, 1.82) is 0 Å². The van der Waals surface area contributed by atoms with Crippen molar-refractivity contribution in [3.05, 3.63) is 35.4 Å². The van der Waals surface area contributed by atoms with E-state index in [1.807, 2.05) is 0 Å². The second kappa shape index (κ2) is 3.18. The van der Waals surface area contributed by atoms with E-state index < -0.39 is 4.33 Å². The molecule has 0 heterocycles. The van der Waals surface area contributed by atoms with E-state index in [1.54, 1.807) is 0 Å². The maximum Gasteiger partial charge on any atom is 0.125 e. The molecule has 1 aliphatic carbocycles. The van der Waals surface area contributed by atoms with Crippen molar-refractivity contribution in [3.8, 4) is 0 Å². The van der Waals surface area contributed by atoms with E-state index in [0.29, 0.717) is 5.92 Å². The molecule has 0 saturated heterocycles. The highest BCUT2D eigenvalue weighted by Crippen LogP contribution is 2.59. The summed E-state index contributed by atoms with van der Waals surface area (Å²) < 4.78 is -0.494. The zero-order valence-electron chi connectivity index (χ0n) is 7.56. The lowest BCUT2D eigenvalue weighted by Gasteiger charge is -2.02. The molecule has 1 atom stereocenters. The fourth-order valence-corrected chi connectivity index (χ4v) is 2.17. The van der Waals surface area contributed by atoms with Gasteiger partial charge in [0.1, 0.15) is 4.33 Å². The number of benzene rings is 1. The van der Waals surface area contributed by atoms with Crippen LogP contribution in [0.4, 0.5) is 0 Å². The first-order valence-corrected chi connectivity index (χ1v) is 5.36. The molecule has 2 rings (SSSR count). The molecular formula is C11H12Cl2. The maximum atomic E-state index is 6.00. The van der Waals surface area contributed by atoms with Gasteiger partial charge < -0.3 is 0 Å². The molecule has 0 radical (unpaired) electrons. The zero-order valence-corrected chi connectivity index (χ0v) is 9.07. The number of hydrogen-bond acceptors (Lipinski definition) is 0. The Labute approximate surface area is 88.9 Å². The Morgan fingerprint density at radius 2 is 2.15 bits per heavy atom. The Morgan fingerprint density at radius 1 is 1.46 bits per heavy atom. The summed E-state index contributed by atoms with van der Waals surface area (Å²) in [5.41, 5.74) is 2.64. The van der Waals surface area contributed by atoms with E-state index in [4.69, 9.17) is 23.2 Å². The molecule has 1 unspecified atom stereocenters. The van der Waals surface area contributed by atoms with Crippen molar-refractivity contribution in [2.45, 2.75) is 30.0 Å². The minimum absolute atomic E-state index is 0.349. The summed E-state index contributed by atoms with van der Waals surface area (Å²) in [6, 6.07) is 8.53. The van der Waals surface area contributed by atoms with Gasteiger partial charge in [-0.15, -0.1) is 23.2 Å². The number of halogens is 2. The van der Waals surface area contributed by atoms with Gasteiger partial charge in [-0.25, -0.2) is 0 Å². The minimum Gasteiger partial charge on any atom is -0.101 e. The molecule has 1 fully saturated rings. The van der Waals surface area contributed by atoms with Gasteiger partial charge in [-0.1, -0.05) is 31.2 Å². The summed E-state index contributed by atoms with van der Waals surface area (Å²) in [5.74, 6) is 0.349. The number of alkyl halides is 2. The van der Waals surface area contributed by atoms with Gasteiger partial charge in [0.2, 0.25) is 0 Å². The highest BCUT2D eigenvalue weighted by Gasteiger charge is 2.52. The van der Waals surface area contributed by atoms with Crippen molar-refractivity contribution in [2.75, 3.05) is 0 Å². The molecule has 0 spiro atoms. The lowest BCUT2D eigenvalue weighted by Crippen LogP contribution is -1.91. The van der Waals surface area contributed by atoms with Gasteiger partial charge in [-0.2, -0.15) is 0 Å². The predicted molar refractivity (Wildman–Crippen MR) is 57.6 cm³/mol. The zero-order chi connectivity index (χ0) is 9.47. The van der Waals surface area contributed by atoms with Crippen LogP contribution in [0.2, 0.25) is 0 Å². The van der Waals surface area contributed by atoms with E-state index >= 15 is 0 Å². The third-order valence-corrected chi connectivity index (χ3v) is 3.42. The van der Waals surface area contributed by atoms with Gasteiger partial charge >= 0.3 is 0 Å². The molecular weight excluding hydrogens is 203 g/mol. The van der Waals surface area contributed by atoms with E-state index in [-0.39, 0.29) is 0 Å². The second-order valence-corrected chi connectivity index (χ2v) is 5.16. The Morgan fingerprint density at radius 3 is 2.69 bits per heavy atom. The van der Waals surface area contributed by atoms with Crippen LogP contribution in [0.3, 0.4) is 0 Å². The first-order chi connectivity index (χ1) is 6.13. The normalized spacial score (nSPS) is 24.4. The first kappa shape index (κ1) is 9.36. The first-order valence-electron chi connectivity index (χ1n) is 4.60. The predicted octanol–water partition coefficient (Wildman–Crippen LogP) is 3.91. The molecule has 1 aromatic rings. The Kier molecular flexibility index (Phi) is 2.29. The van der Waals surface area contributed by atoms with E-state index in [9.17, 15) is 0 Å². The number of aryl methyl sites for hydroxylation is 1. The number of hydrogen-bond donors (Lipinski definition) is 0. The fraction of sp³-hybridized carbons (Fsp3) is 0.455. The SMILES string of the molecule is CCc1cccc(C2CC2(Cl)Cl)c1. The fourth-order valence-electron chi connectivity index (χ4n) is 1.60. The largest absolute Gasteiger partial charge is 0.125 e. The summed E-state index contributed by atoms with van der Waals surface area (Å²) in [4.78, 5) is 0. The third-order valence-electron chi connectivity index (χ3n) is 2.59. The Balaban J connectivity index is 2.23. The van der Waals surface area contributed by atoms with Crippen LogP contribution >= 0.6 is 23.2 Å². The maximum absolute atomic E-state index is 6.00. The lowest BCUT2D eigenvalue weighted by molar-refractivity contribution is 1.07. The summed E-state index contributed by atoms with van der Waals surface area (Å²) in [6.07, 6.45) is 1.96. The van der Waals surface area contributed by atoms with E-state index in [1.165, 1.54) is 11.1 Å². The Hall–Kier alpha value is -0.200. The third kappa shape index (κ3) is 1.84. The van der Waals surface area contributed by atoms with Crippen molar-refractivity contribution in [2.24, 2.45) is 0 Å². The average molecular weight is 215 g/mol. The molecule has 0 aliphatic heterocycles. The van der Waals surface area contributed by atoms with Gasteiger partial charge in [0, 0.05) is 5.92 Å². The Bertz CT molecular complexity index is 318. The number of rotatable bonds is 2. The topological polar surface area (TPSA) is 0 Å². The summed E-state index contributed by atoms with van der Waals surface area (Å²) in [6.45, 7) is 2.15. The van der Waals surface area contributed by atoms with Crippen LogP contribution in [0.15, 0.2) is 24.3 Å². The molecule has 2 heteroatoms.